The number of nitrogens with one attached hydrogen (secondary N) is 1. The zero-order chi connectivity index (χ0) is 22.4. The Hall–Kier alpha value is -2.78. The van der Waals surface area contributed by atoms with Crippen LogP contribution >= 0.6 is 0 Å². The van der Waals surface area contributed by atoms with E-state index < -0.39 is 0 Å². The molecule has 9 heteroatoms. The lowest BCUT2D eigenvalue weighted by Crippen LogP contribution is -2.36. The predicted molar refractivity (Wildman–Crippen MR) is 128 cm³/mol. The van der Waals surface area contributed by atoms with Crippen molar-refractivity contribution in [3.63, 3.8) is 0 Å². The topological polar surface area (TPSA) is 107 Å². The van der Waals surface area contributed by atoms with Gasteiger partial charge >= 0.3 is 0 Å². The molecule has 174 valence electrons. The van der Waals surface area contributed by atoms with Gasteiger partial charge in [0, 0.05) is 49.3 Å². The Labute approximate surface area is 193 Å². The number of anilines is 2. The maximum atomic E-state index is 6.23. The molecule has 1 aliphatic carbocycles. The van der Waals surface area contributed by atoms with Crippen LogP contribution in [0.2, 0.25) is 0 Å². The Balaban J connectivity index is 1.32. The molecule has 3 aromatic rings. The van der Waals surface area contributed by atoms with Gasteiger partial charge in [0.2, 0.25) is 0 Å². The van der Waals surface area contributed by atoms with E-state index in [1.165, 1.54) is 25.9 Å². The van der Waals surface area contributed by atoms with Gasteiger partial charge in [0.05, 0.1) is 30.6 Å². The Bertz CT molecular complexity index is 1140. The molecule has 1 atom stereocenters. The van der Waals surface area contributed by atoms with Crippen LogP contribution < -0.4 is 11.1 Å². The standard InChI is InChI=1S/C24H32N8O/c1-2-20-24(28-16-7-10-33-14-16)30-21-19(12-26-23(25)22(21)29-20)15-11-27-32(13-15)18-5-8-31(9-6-18)17-3-4-17/h11-13,16-18H,2-10,14H2,1H3,(H2,25,26)(H,28,30)/t16-/m0/s1. The Morgan fingerprint density at radius 3 is 2.64 bits per heavy atom. The van der Waals surface area contributed by atoms with Gasteiger partial charge in [-0.15, -0.1) is 0 Å². The van der Waals surface area contributed by atoms with Gasteiger partial charge in [0.25, 0.3) is 0 Å². The number of ether oxygens (including phenoxy) is 1. The number of fused-ring (bicyclic) bond motifs is 1. The molecule has 0 amide bonds. The van der Waals surface area contributed by atoms with Crippen LogP contribution in [-0.2, 0) is 11.2 Å². The Kier molecular flexibility index (Phi) is 5.38. The van der Waals surface area contributed by atoms with Crippen LogP contribution in [0.25, 0.3) is 22.2 Å². The highest BCUT2D eigenvalue weighted by Gasteiger charge is 2.32. The van der Waals surface area contributed by atoms with E-state index in [0.29, 0.717) is 24.0 Å². The van der Waals surface area contributed by atoms with Crippen LogP contribution in [0.5, 0.6) is 0 Å². The third-order valence-corrected chi connectivity index (χ3v) is 7.25. The molecule has 3 N–H and O–H groups in total. The minimum absolute atomic E-state index is 0.258. The number of piperidine rings is 1. The second-order valence-corrected chi connectivity index (χ2v) is 9.54. The summed E-state index contributed by atoms with van der Waals surface area (Å²) in [7, 11) is 0. The number of hydrogen-bond donors (Lipinski definition) is 2. The van der Waals surface area contributed by atoms with Crippen molar-refractivity contribution in [2.45, 2.75) is 63.6 Å². The molecule has 1 saturated carbocycles. The van der Waals surface area contributed by atoms with Crippen LogP contribution in [0.1, 0.15) is 50.8 Å². The first-order chi connectivity index (χ1) is 16.2. The first-order valence-corrected chi connectivity index (χ1v) is 12.3. The average molecular weight is 449 g/mol. The summed E-state index contributed by atoms with van der Waals surface area (Å²) in [6.45, 7) is 5.89. The molecule has 2 aliphatic heterocycles. The van der Waals surface area contributed by atoms with Gasteiger partial charge in [-0.3, -0.25) is 4.68 Å². The molecule has 6 rings (SSSR count). The molecule has 3 fully saturated rings. The molecule has 0 spiro atoms. The number of pyridine rings is 1. The largest absolute Gasteiger partial charge is 0.382 e. The first kappa shape index (κ1) is 20.8. The molecule has 5 heterocycles. The van der Waals surface area contributed by atoms with Gasteiger partial charge in [0.15, 0.2) is 5.82 Å². The van der Waals surface area contributed by atoms with E-state index in [0.717, 1.165) is 66.5 Å². The highest BCUT2D eigenvalue weighted by molar-refractivity contribution is 5.96. The summed E-state index contributed by atoms with van der Waals surface area (Å²) in [5, 5.41) is 8.27. The maximum Gasteiger partial charge on any atom is 0.151 e. The summed E-state index contributed by atoms with van der Waals surface area (Å²) in [5.41, 5.74) is 10.5. The van der Waals surface area contributed by atoms with Crippen molar-refractivity contribution >= 4 is 22.7 Å². The molecule has 2 saturated heterocycles. The molecule has 9 nitrogen and oxygen atoms in total. The average Bonchev–Trinajstić information content (AvgIpc) is 3.34. The van der Waals surface area contributed by atoms with Crippen LogP contribution in [-0.4, -0.2) is 68.0 Å². The summed E-state index contributed by atoms with van der Waals surface area (Å²) in [4.78, 5) is 17.0. The van der Waals surface area contributed by atoms with E-state index in [-0.39, 0.29) is 6.04 Å². The Morgan fingerprint density at radius 1 is 1.06 bits per heavy atom. The summed E-state index contributed by atoms with van der Waals surface area (Å²) < 4.78 is 7.66. The number of aryl methyl sites for hydroxylation is 1. The van der Waals surface area contributed by atoms with Crippen LogP contribution in [0, 0.1) is 0 Å². The lowest BCUT2D eigenvalue weighted by Gasteiger charge is -2.32. The van der Waals surface area contributed by atoms with Crippen molar-refractivity contribution in [1.29, 1.82) is 0 Å². The number of nitrogens with zero attached hydrogens (tertiary/aromatic N) is 6. The fourth-order valence-electron chi connectivity index (χ4n) is 5.14. The highest BCUT2D eigenvalue weighted by Crippen LogP contribution is 2.34. The van der Waals surface area contributed by atoms with E-state index in [2.05, 4.69) is 33.0 Å². The fraction of sp³-hybridized carbons (Fsp3) is 0.583. The summed E-state index contributed by atoms with van der Waals surface area (Å²) in [6, 6.07) is 1.55. The lowest BCUT2D eigenvalue weighted by atomic mass is 10.0. The molecule has 0 radical (unpaired) electrons. The molecule has 33 heavy (non-hydrogen) atoms. The van der Waals surface area contributed by atoms with Crippen molar-refractivity contribution < 1.29 is 4.74 Å². The summed E-state index contributed by atoms with van der Waals surface area (Å²) in [6.07, 6.45) is 12.6. The summed E-state index contributed by atoms with van der Waals surface area (Å²) in [5.74, 6) is 1.22. The van der Waals surface area contributed by atoms with Crippen LogP contribution in [0.15, 0.2) is 18.6 Å². The van der Waals surface area contributed by atoms with E-state index in [4.69, 9.17) is 25.5 Å². The van der Waals surface area contributed by atoms with Crippen molar-refractivity contribution in [3.05, 3.63) is 24.3 Å². The number of likely N-dealkylation sites (tertiary alicyclic amines) is 1. The second kappa shape index (κ2) is 8.53. The van der Waals surface area contributed by atoms with Gasteiger partial charge in [-0.25, -0.2) is 15.0 Å². The van der Waals surface area contributed by atoms with E-state index in [9.17, 15) is 0 Å². The maximum absolute atomic E-state index is 6.23. The SMILES string of the molecule is CCc1nc2c(N)ncc(-c3cnn(C4CCN(C5CC5)CC4)c3)c2nc1N[C@H]1CCOC1. The van der Waals surface area contributed by atoms with Crippen LogP contribution in [0.3, 0.4) is 0 Å². The predicted octanol–water partition coefficient (Wildman–Crippen LogP) is 3.03. The normalized spacial score (nSPS) is 22.3. The van der Waals surface area contributed by atoms with Gasteiger partial charge < -0.3 is 20.7 Å². The van der Waals surface area contributed by atoms with E-state index in [1.54, 1.807) is 6.20 Å². The van der Waals surface area contributed by atoms with Crippen molar-refractivity contribution in [2.75, 3.05) is 37.4 Å². The molecule has 0 aromatic carbocycles. The molecular weight excluding hydrogens is 416 g/mol. The third kappa shape index (κ3) is 4.04. The number of nitrogen functional groups attached to an aromatic ring is 1. The van der Waals surface area contributed by atoms with Crippen molar-refractivity contribution in [1.82, 2.24) is 29.6 Å². The number of aromatic nitrogens is 5. The molecule has 3 aliphatic rings. The lowest BCUT2D eigenvalue weighted by molar-refractivity contribution is 0.172. The smallest absolute Gasteiger partial charge is 0.151 e. The minimum Gasteiger partial charge on any atom is -0.382 e. The second-order valence-electron chi connectivity index (χ2n) is 9.54. The number of hydrogen-bond acceptors (Lipinski definition) is 8. The molecule has 0 unspecified atom stereocenters. The number of rotatable bonds is 6. The minimum atomic E-state index is 0.258. The summed E-state index contributed by atoms with van der Waals surface area (Å²) >= 11 is 0. The van der Waals surface area contributed by atoms with Crippen LogP contribution in [0.4, 0.5) is 11.6 Å². The highest BCUT2D eigenvalue weighted by atomic mass is 16.5. The van der Waals surface area contributed by atoms with Gasteiger partial charge in [-0.2, -0.15) is 5.10 Å². The van der Waals surface area contributed by atoms with Gasteiger partial charge in [0.1, 0.15) is 16.9 Å². The molecule has 3 aromatic heterocycles. The number of nitrogens with two attached hydrogens (primary N) is 1. The molecule has 0 bridgehead atoms. The first-order valence-electron chi connectivity index (χ1n) is 12.3. The zero-order valence-corrected chi connectivity index (χ0v) is 19.2. The monoisotopic (exact) mass is 448 g/mol. The van der Waals surface area contributed by atoms with Gasteiger partial charge in [-0.1, -0.05) is 6.92 Å². The van der Waals surface area contributed by atoms with E-state index >= 15 is 0 Å². The van der Waals surface area contributed by atoms with Gasteiger partial charge in [-0.05, 0) is 38.5 Å². The fourth-order valence-corrected chi connectivity index (χ4v) is 5.14. The molecular formula is C24H32N8O. The van der Waals surface area contributed by atoms with E-state index in [1.807, 2.05) is 6.20 Å². The zero-order valence-electron chi connectivity index (χ0n) is 19.2. The van der Waals surface area contributed by atoms with Crippen molar-refractivity contribution in [2.24, 2.45) is 0 Å². The van der Waals surface area contributed by atoms with Crippen molar-refractivity contribution in [3.8, 4) is 11.1 Å². The third-order valence-electron chi connectivity index (χ3n) is 7.25. The quantitative estimate of drug-likeness (QED) is 0.593. The Morgan fingerprint density at radius 2 is 1.91 bits per heavy atom.